The van der Waals surface area contributed by atoms with Crippen LogP contribution >= 0.6 is 0 Å². The molecule has 1 heterocycles. The molecule has 4 nitrogen and oxygen atoms in total. The summed E-state index contributed by atoms with van der Waals surface area (Å²) >= 11 is 0. The lowest BCUT2D eigenvalue weighted by atomic mass is 9.95. The van der Waals surface area contributed by atoms with E-state index in [9.17, 15) is 4.79 Å². The number of carbonyl (C=O) groups is 1. The van der Waals surface area contributed by atoms with Gasteiger partial charge in [0.1, 0.15) is 0 Å². The summed E-state index contributed by atoms with van der Waals surface area (Å²) in [5, 5.41) is 4.12. The van der Waals surface area contributed by atoms with Crippen LogP contribution in [0.1, 0.15) is 50.4 Å². The summed E-state index contributed by atoms with van der Waals surface area (Å²) < 4.78 is 1.78. The standard InChI is InChI=1S/C13H23N3O/c1-4-16-9-12(8-15-16)13(17)10(2)6-5-7-11(3)14/h8-11H,4-7,14H2,1-3H3. The van der Waals surface area contributed by atoms with E-state index in [0.29, 0.717) is 0 Å². The molecule has 0 radical (unpaired) electrons. The van der Waals surface area contributed by atoms with E-state index in [1.165, 1.54) is 0 Å². The minimum absolute atomic E-state index is 0.0586. The molecule has 0 aliphatic carbocycles. The van der Waals surface area contributed by atoms with Crippen molar-refractivity contribution in [1.29, 1.82) is 0 Å². The third-order valence-corrected chi connectivity index (χ3v) is 2.99. The van der Waals surface area contributed by atoms with E-state index in [4.69, 9.17) is 5.73 Å². The Bertz CT molecular complexity index is 357. The molecule has 2 atom stereocenters. The molecule has 17 heavy (non-hydrogen) atoms. The lowest BCUT2D eigenvalue weighted by Gasteiger charge is -2.10. The van der Waals surface area contributed by atoms with Gasteiger partial charge in [-0.3, -0.25) is 9.48 Å². The summed E-state index contributed by atoms with van der Waals surface area (Å²) in [6, 6.07) is 0.222. The summed E-state index contributed by atoms with van der Waals surface area (Å²) in [6.07, 6.45) is 6.37. The van der Waals surface area contributed by atoms with Gasteiger partial charge in [0, 0.05) is 24.7 Å². The van der Waals surface area contributed by atoms with E-state index in [1.807, 2.05) is 27.0 Å². The van der Waals surface area contributed by atoms with Crippen molar-refractivity contribution < 1.29 is 4.79 Å². The van der Waals surface area contributed by atoms with Gasteiger partial charge in [0.15, 0.2) is 5.78 Å². The van der Waals surface area contributed by atoms with Gasteiger partial charge in [-0.05, 0) is 26.7 Å². The van der Waals surface area contributed by atoms with E-state index in [0.717, 1.165) is 31.4 Å². The van der Waals surface area contributed by atoms with Crippen molar-refractivity contribution in [3.63, 3.8) is 0 Å². The highest BCUT2D eigenvalue weighted by Gasteiger charge is 2.16. The number of rotatable bonds is 7. The van der Waals surface area contributed by atoms with Crippen molar-refractivity contribution in [1.82, 2.24) is 9.78 Å². The lowest BCUT2D eigenvalue weighted by Crippen LogP contribution is -2.16. The monoisotopic (exact) mass is 237 g/mol. The van der Waals surface area contributed by atoms with Crippen molar-refractivity contribution in [2.75, 3.05) is 0 Å². The van der Waals surface area contributed by atoms with E-state index >= 15 is 0 Å². The van der Waals surface area contributed by atoms with Crippen molar-refractivity contribution >= 4 is 5.78 Å². The SMILES string of the molecule is CCn1cc(C(=O)C(C)CCCC(C)N)cn1. The van der Waals surface area contributed by atoms with Gasteiger partial charge in [-0.15, -0.1) is 0 Å². The Labute approximate surface area is 103 Å². The highest BCUT2D eigenvalue weighted by atomic mass is 16.1. The number of aromatic nitrogens is 2. The fourth-order valence-corrected chi connectivity index (χ4v) is 1.83. The van der Waals surface area contributed by atoms with E-state index in [-0.39, 0.29) is 17.7 Å². The zero-order valence-electron chi connectivity index (χ0n) is 11.0. The summed E-state index contributed by atoms with van der Waals surface area (Å²) in [6.45, 7) is 6.78. The van der Waals surface area contributed by atoms with Crippen LogP contribution in [0.2, 0.25) is 0 Å². The Kier molecular flexibility index (Phi) is 5.35. The molecule has 0 aliphatic rings. The summed E-state index contributed by atoms with van der Waals surface area (Å²) in [5.41, 5.74) is 6.41. The topological polar surface area (TPSA) is 60.9 Å². The van der Waals surface area contributed by atoms with Crippen LogP contribution in [0.5, 0.6) is 0 Å². The smallest absolute Gasteiger partial charge is 0.168 e. The fraction of sp³-hybridized carbons (Fsp3) is 0.692. The Balaban J connectivity index is 2.46. The highest BCUT2D eigenvalue weighted by Crippen LogP contribution is 2.15. The quantitative estimate of drug-likeness (QED) is 0.740. The first kappa shape index (κ1) is 13.9. The molecule has 1 rings (SSSR count). The van der Waals surface area contributed by atoms with Crippen LogP contribution in [-0.4, -0.2) is 21.6 Å². The first-order valence-corrected chi connectivity index (χ1v) is 6.36. The first-order valence-electron chi connectivity index (χ1n) is 6.36. The van der Waals surface area contributed by atoms with Crippen molar-refractivity contribution in [2.24, 2.45) is 11.7 Å². The lowest BCUT2D eigenvalue weighted by molar-refractivity contribution is 0.0922. The van der Waals surface area contributed by atoms with Crippen LogP contribution in [0.15, 0.2) is 12.4 Å². The van der Waals surface area contributed by atoms with Crippen LogP contribution in [-0.2, 0) is 6.54 Å². The number of carbonyl (C=O) groups excluding carboxylic acids is 1. The number of hydrogen-bond donors (Lipinski definition) is 1. The Morgan fingerprint density at radius 1 is 1.47 bits per heavy atom. The van der Waals surface area contributed by atoms with E-state index in [1.54, 1.807) is 10.9 Å². The van der Waals surface area contributed by atoms with Crippen LogP contribution in [0, 0.1) is 5.92 Å². The third kappa shape index (κ3) is 4.30. The van der Waals surface area contributed by atoms with Gasteiger partial charge in [0.05, 0.1) is 11.8 Å². The van der Waals surface area contributed by atoms with Gasteiger partial charge in [-0.1, -0.05) is 13.3 Å². The van der Waals surface area contributed by atoms with Crippen LogP contribution in [0.4, 0.5) is 0 Å². The molecular formula is C13H23N3O. The molecule has 4 heteroatoms. The molecule has 0 saturated carbocycles. The van der Waals surface area contributed by atoms with E-state index < -0.39 is 0 Å². The molecule has 1 aromatic heterocycles. The fourth-order valence-electron chi connectivity index (χ4n) is 1.83. The number of hydrogen-bond acceptors (Lipinski definition) is 3. The zero-order chi connectivity index (χ0) is 12.8. The number of ketones is 1. The average Bonchev–Trinajstić information content (AvgIpc) is 2.75. The Morgan fingerprint density at radius 3 is 2.71 bits per heavy atom. The second kappa shape index (κ2) is 6.55. The minimum Gasteiger partial charge on any atom is -0.328 e. The average molecular weight is 237 g/mol. The molecule has 0 amide bonds. The summed E-state index contributed by atoms with van der Waals surface area (Å²) in [7, 11) is 0. The summed E-state index contributed by atoms with van der Waals surface area (Å²) in [5.74, 6) is 0.248. The number of nitrogens with zero attached hydrogens (tertiary/aromatic N) is 2. The molecule has 0 bridgehead atoms. The molecule has 0 saturated heterocycles. The predicted octanol–water partition coefficient (Wildman–Crippen LogP) is 2.24. The molecular weight excluding hydrogens is 214 g/mol. The van der Waals surface area contributed by atoms with Crippen molar-refractivity contribution in [2.45, 2.75) is 52.6 Å². The predicted molar refractivity (Wildman–Crippen MR) is 68.9 cm³/mol. The minimum atomic E-state index is 0.0586. The molecule has 2 unspecified atom stereocenters. The first-order chi connectivity index (χ1) is 8.04. The maximum absolute atomic E-state index is 12.1. The molecule has 2 N–H and O–H groups in total. The Morgan fingerprint density at radius 2 is 2.18 bits per heavy atom. The summed E-state index contributed by atoms with van der Waals surface area (Å²) in [4.78, 5) is 12.1. The van der Waals surface area contributed by atoms with Crippen molar-refractivity contribution in [3.05, 3.63) is 18.0 Å². The second-order valence-electron chi connectivity index (χ2n) is 4.76. The van der Waals surface area contributed by atoms with Gasteiger partial charge < -0.3 is 5.73 Å². The van der Waals surface area contributed by atoms with Gasteiger partial charge in [0.2, 0.25) is 0 Å². The maximum atomic E-state index is 12.1. The molecule has 0 aliphatic heterocycles. The van der Waals surface area contributed by atoms with Crippen LogP contribution < -0.4 is 5.73 Å². The number of Topliss-reactive ketones (excluding diaryl/α,β-unsaturated/α-hetero) is 1. The molecule has 1 aromatic rings. The zero-order valence-corrected chi connectivity index (χ0v) is 11.0. The van der Waals surface area contributed by atoms with Crippen LogP contribution in [0.25, 0.3) is 0 Å². The highest BCUT2D eigenvalue weighted by molar-refractivity contribution is 5.97. The number of aryl methyl sites for hydroxylation is 1. The van der Waals surface area contributed by atoms with Gasteiger partial charge in [-0.25, -0.2) is 0 Å². The van der Waals surface area contributed by atoms with E-state index in [2.05, 4.69) is 5.10 Å². The van der Waals surface area contributed by atoms with Gasteiger partial charge in [-0.2, -0.15) is 5.10 Å². The normalized spacial score (nSPS) is 14.6. The van der Waals surface area contributed by atoms with Gasteiger partial charge in [0.25, 0.3) is 0 Å². The molecule has 0 aromatic carbocycles. The largest absolute Gasteiger partial charge is 0.328 e. The van der Waals surface area contributed by atoms with Crippen molar-refractivity contribution in [3.8, 4) is 0 Å². The second-order valence-corrected chi connectivity index (χ2v) is 4.76. The molecule has 0 fully saturated rings. The maximum Gasteiger partial charge on any atom is 0.168 e. The molecule has 96 valence electrons. The van der Waals surface area contributed by atoms with Gasteiger partial charge >= 0.3 is 0 Å². The Hall–Kier alpha value is -1.16. The third-order valence-electron chi connectivity index (χ3n) is 2.99. The number of nitrogens with two attached hydrogens (primary N) is 1. The molecule has 0 spiro atoms. The van der Waals surface area contributed by atoms with Crippen LogP contribution in [0.3, 0.4) is 0 Å².